The smallest absolute Gasteiger partial charge is 0.309 e. The molecule has 0 aliphatic carbocycles. The Hall–Kier alpha value is -2.76. The molecule has 0 aromatic heterocycles. The van der Waals surface area contributed by atoms with Crippen LogP contribution in [-0.4, -0.2) is 35.6 Å². The molecule has 0 bridgehead atoms. The predicted octanol–water partition coefficient (Wildman–Crippen LogP) is 5.94. The molecule has 0 fully saturated rings. The number of ether oxygens (including phenoxy) is 2. The highest BCUT2D eigenvalue weighted by Gasteiger charge is 2.34. The van der Waals surface area contributed by atoms with E-state index in [1.807, 2.05) is 60.7 Å². The molecule has 0 aliphatic heterocycles. The number of hydrogen-bond acceptors (Lipinski definition) is 7. The van der Waals surface area contributed by atoms with Crippen LogP contribution >= 0.6 is 7.37 Å². The second-order valence-electron chi connectivity index (χ2n) is 9.85. The highest BCUT2D eigenvalue weighted by atomic mass is 31.2. The second kappa shape index (κ2) is 14.1. The molecule has 2 rings (SSSR count). The summed E-state index contributed by atoms with van der Waals surface area (Å²) < 4.78 is 30.7. The zero-order valence-electron chi connectivity index (χ0n) is 21.6. The Labute approximate surface area is 214 Å². The number of rotatable bonds is 14. The highest BCUT2D eigenvalue weighted by Crippen LogP contribution is 2.51. The van der Waals surface area contributed by atoms with Crippen LogP contribution in [0, 0.1) is 5.92 Å². The molecule has 2 atom stereocenters. The van der Waals surface area contributed by atoms with Crippen molar-refractivity contribution in [2.24, 2.45) is 5.92 Å². The second-order valence-corrected chi connectivity index (χ2v) is 12.5. The summed E-state index contributed by atoms with van der Waals surface area (Å²) in [4.78, 5) is 37.0. The van der Waals surface area contributed by atoms with Crippen molar-refractivity contribution in [1.29, 1.82) is 0 Å². The average molecular weight is 517 g/mol. The largest absolute Gasteiger partial charge is 0.461 e. The minimum Gasteiger partial charge on any atom is -0.461 e. The van der Waals surface area contributed by atoms with Gasteiger partial charge >= 0.3 is 11.9 Å². The van der Waals surface area contributed by atoms with Crippen LogP contribution in [0.1, 0.15) is 58.1 Å². The summed E-state index contributed by atoms with van der Waals surface area (Å²) >= 11 is 0. The van der Waals surface area contributed by atoms with Gasteiger partial charge in [-0.25, -0.2) is 0 Å². The molecule has 2 aromatic carbocycles. The van der Waals surface area contributed by atoms with Gasteiger partial charge in [0.2, 0.25) is 7.37 Å². The third-order valence-electron chi connectivity index (χ3n) is 5.29. The molecule has 2 aromatic rings. The Balaban J connectivity index is 2.17. The molecule has 8 heteroatoms. The van der Waals surface area contributed by atoms with E-state index in [4.69, 9.17) is 14.0 Å². The molecule has 0 spiro atoms. The van der Waals surface area contributed by atoms with Crippen LogP contribution in [0.3, 0.4) is 0 Å². The van der Waals surface area contributed by atoms with Gasteiger partial charge < -0.3 is 18.8 Å². The first-order chi connectivity index (χ1) is 17.0. The summed E-state index contributed by atoms with van der Waals surface area (Å²) in [5.41, 5.74) is 0.976. The maximum atomic E-state index is 14.0. The van der Waals surface area contributed by atoms with Crippen LogP contribution in [0.2, 0.25) is 0 Å². The van der Waals surface area contributed by atoms with Gasteiger partial charge in [0.05, 0.1) is 18.9 Å². The van der Waals surface area contributed by atoms with Crippen LogP contribution in [0.25, 0.3) is 0 Å². The molecule has 2 unspecified atom stereocenters. The minimum absolute atomic E-state index is 0.0721. The maximum Gasteiger partial charge on any atom is 0.309 e. The number of carbonyl (C=O) groups excluding carboxylic acids is 3. The predicted molar refractivity (Wildman–Crippen MR) is 139 cm³/mol. The molecular weight excluding hydrogens is 479 g/mol. The van der Waals surface area contributed by atoms with Gasteiger partial charge in [-0.2, -0.15) is 0 Å². The summed E-state index contributed by atoms with van der Waals surface area (Å²) in [5, 5.41) is 0. The topological polar surface area (TPSA) is 96.0 Å². The van der Waals surface area contributed by atoms with E-state index in [0.717, 1.165) is 11.1 Å². The normalized spacial score (nSPS) is 13.9. The maximum absolute atomic E-state index is 14.0. The van der Waals surface area contributed by atoms with Gasteiger partial charge in [0.1, 0.15) is 18.0 Å². The molecule has 0 heterocycles. The Bertz CT molecular complexity index is 1030. The van der Waals surface area contributed by atoms with Crippen LogP contribution < -0.4 is 0 Å². The number of ketones is 1. The Kier molecular flexibility index (Phi) is 11.5. The first-order valence-corrected chi connectivity index (χ1v) is 14.1. The fourth-order valence-corrected chi connectivity index (χ4v) is 5.80. The van der Waals surface area contributed by atoms with Gasteiger partial charge in [-0.3, -0.25) is 14.2 Å². The third kappa shape index (κ3) is 11.8. The molecule has 36 heavy (non-hydrogen) atoms. The zero-order valence-corrected chi connectivity index (χ0v) is 22.5. The van der Waals surface area contributed by atoms with E-state index in [1.165, 1.54) is 6.92 Å². The van der Waals surface area contributed by atoms with Crippen LogP contribution in [0.15, 0.2) is 60.7 Å². The fourth-order valence-electron chi connectivity index (χ4n) is 3.47. The number of benzene rings is 2. The Morgan fingerprint density at radius 2 is 1.42 bits per heavy atom. The summed E-state index contributed by atoms with van der Waals surface area (Å²) in [6.07, 6.45) is 0.0343. The summed E-state index contributed by atoms with van der Waals surface area (Å²) in [7, 11) is -3.48. The number of hydrogen-bond donors (Lipinski definition) is 0. The van der Waals surface area contributed by atoms with Crippen molar-refractivity contribution in [3.63, 3.8) is 0 Å². The van der Waals surface area contributed by atoms with Crippen LogP contribution in [0.4, 0.5) is 0 Å². The van der Waals surface area contributed by atoms with Gasteiger partial charge in [0, 0.05) is 18.7 Å². The number of esters is 2. The lowest BCUT2D eigenvalue weighted by Gasteiger charge is -2.24. The van der Waals surface area contributed by atoms with Gasteiger partial charge in [0.25, 0.3) is 0 Å². The van der Waals surface area contributed by atoms with E-state index in [2.05, 4.69) is 0 Å². The van der Waals surface area contributed by atoms with Crippen molar-refractivity contribution in [3.8, 4) is 0 Å². The molecule has 0 saturated carbocycles. The standard InChI is InChI=1S/C28H37O7P/c1-22(29)15-16-25(27(31)33-19-23-11-7-5-8-12-23)21-36(32,18-17-26(30)35-28(2,3)4)34-20-24-13-9-6-10-14-24/h5-14,25H,15-21H2,1-4H3. The van der Waals surface area contributed by atoms with Gasteiger partial charge in [-0.15, -0.1) is 0 Å². The van der Waals surface area contributed by atoms with Crippen molar-refractivity contribution < 1.29 is 32.9 Å². The minimum atomic E-state index is -3.48. The Morgan fingerprint density at radius 3 is 1.94 bits per heavy atom. The molecule has 0 radical (unpaired) electrons. The molecule has 0 aliphatic rings. The van der Waals surface area contributed by atoms with E-state index >= 15 is 0 Å². The molecule has 0 amide bonds. The quantitative estimate of drug-likeness (QED) is 0.226. The lowest BCUT2D eigenvalue weighted by Crippen LogP contribution is -2.26. The zero-order chi connectivity index (χ0) is 26.6. The van der Waals surface area contributed by atoms with E-state index in [9.17, 15) is 18.9 Å². The van der Waals surface area contributed by atoms with Gasteiger partial charge in [0.15, 0.2) is 0 Å². The molecule has 196 valence electrons. The van der Waals surface area contributed by atoms with Crippen LogP contribution in [-0.2, 0) is 46.2 Å². The van der Waals surface area contributed by atoms with E-state index in [0.29, 0.717) is 0 Å². The molecule has 0 N–H and O–H groups in total. The van der Waals surface area contributed by atoms with E-state index in [-0.39, 0.29) is 50.6 Å². The first-order valence-electron chi connectivity index (χ1n) is 12.1. The summed E-state index contributed by atoms with van der Waals surface area (Å²) in [6, 6.07) is 18.5. The lowest BCUT2D eigenvalue weighted by molar-refractivity contribution is -0.154. The highest BCUT2D eigenvalue weighted by molar-refractivity contribution is 7.59. The third-order valence-corrected chi connectivity index (χ3v) is 7.79. The first kappa shape index (κ1) is 29.5. The monoisotopic (exact) mass is 516 g/mol. The van der Waals surface area contributed by atoms with Crippen molar-refractivity contribution in [3.05, 3.63) is 71.8 Å². The SMILES string of the molecule is CC(=O)CCC(CP(=O)(CCC(=O)OC(C)(C)C)OCc1ccccc1)C(=O)OCc1ccccc1. The van der Waals surface area contributed by atoms with E-state index in [1.54, 1.807) is 20.8 Å². The number of carbonyl (C=O) groups is 3. The van der Waals surface area contributed by atoms with Crippen molar-refractivity contribution >= 4 is 25.1 Å². The fraction of sp³-hybridized carbons (Fsp3) is 0.464. The van der Waals surface area contributed by atoms with Crippen molar-refractivity contribution in [2.75, 3.05) is 12.3 Å². The summed E-state index contributed by atoms with van der Waals surface area (Å²) in [6.45, 7) is 6.87. The molecular formula is C28H37O7P. The molecule has 7 nitrogen and oxygen atoms in total. The lowest BCUT2D eigenvalue weighted by atomic mass is 10.0. The van der Waals surface area contributed by atoms with E-state index < -0.39 is 30.8 Å². The summed E-state index contributed by atoms with van der Waals surface area (Å²) in [5.74, 6) is -1.92. The average Bonchev–Trinajstić information content (AvgIpc) is 2.83. The van der Waals surface area contributed by atoms with Gasteiger partial charge in [-0.1, -0.05) is 60.7 Å². The van der Waals surface area contributed by atoms with Gasteiger partial charge in [-0.05, 0) is 45.2 Å². The van der Waals surface area contributed by atoms with Crippen molar-refractivity contribution in [2.45, 2.75) is 65.8 Å². The van der Waals surface area contributed by atoms with Crippen molar-refractivity contribution in [1.82, 2.24) is 0 Å². The number of Topliss-reactive ketones (excluding diaryl/α,β-unsaturated/α-hetero) is 1. The Morgan fingerprint density at radius 1 is 0.861 bits per heavy atom. The van der Waals surface area contributed by atoms with Crippen LogP contribution in [0.5, 0.6) is 0 Å². The molecule has 0 saturated heterocycles.